The molecular formula is C23H26N4O5S. The van der Waals surface area contributed by atoms with Crippen LogP contribution in [0.1, 0.15) is 24.8 Å². The van der Waals surface area contributed by atoms with E-state index in [-0.39, 0.29) is 17.0 Å². The number of sulfonamides is 1. The number of aliphatic hydroxyl groups is 1. The van der Waals surface area contributed by atoms with Crippen LogP contribution in [0.2, 0.25) is 0 Å². The summed E-state index contributed by atoms with van der Waals surface area (Å²) in [6.45, 7) is 2.56. The highest BCUT2D eigenvalue weighted by atomic mass is 32.2. The number of aromatic nitrogens is 2. The first-order valence-corrected chi connectivity index (χ1v) is 12.5. The van der Waals surface area contributed by atoms with E-state index in [1.807, 2.05) is 24.5 Å². The van der Waals surface area contributed by atoms with Gasteiger partial charge in [0.15, 0.2) is 5.52 Å². The maximum Gasteiger partial charge on any atom is 0.242 e. The molecule has 3 heterocycles. The number of piperidine rings is 1. The quantitative estimate of drug-likeness (QED) is 0.403. The van der Waals surface area contributed by atoms with E-state index < -0.39 is 15.6 Å². The summed E-state index contributed by atoms with van der Waals surface area (Å²) >= 11 is 0. The Bertz CT molecular complexity index is 1360. The second-order valence-electron chi connectivity index (χ2n) is 8.61. The van der Waals surface area contributed by atoms with Crippen LogP contribution in [0.15, 0.2) is 62.7 Å². The Balaban J connectivity index is 1.12. The highest BCUT2D eigenvalue weighted by molar-refractivity contribution is 7.89. The van der Waals surface area contributed by atoms with E-state index in [2.05, 4.69) is 30.6 Å². The van der Waals surface area contributed by atoms with E-state index in [1.165, 1.54) is 11.6 Å². The summed E-state index contributed by atoms with van der Waals surface area (Å²) in [5.74, 6) is 0. The number of nitrogens with zero attached hydrogens (tertiary/aromatic N) is 3. The lowest BCUT2D eigenvalue weighted by Gasteiger charge is -2.38. The van der Waals surface area contributed by atoms with Gasteiger partial charge in [0.1, 0.15) is 16.0 Å². The summed E-state index contributed by atoms with van der Waals surface area (Å²) in [5.41, 5.74) is 1.79. The maximum atomic E-state index is 12.7. The van der Waals surface area contributed by atoms with Crippen LogP contribution in [0.4, 0.5) is 0 Å². The molecule has 33 heavy (non-hydrogen) atoms. The Morgan fingerprint density at radius 2 is 1.91 bits per heavy atom. The van der Waals surface area contributed by atoms with Crippen LogP contribution in [0.25, 0.3) is 22.0 Å². The zero-order valence-electron chi connectivity index (χ0n) is 18.1. The molecule has 0 bridgehead atoms. The molecule has 2 aromatic carbocycles. The van der Waals surface area contributed by atoms with Gasteiger partial charge in [-0.2, -0.15) is 0 Å². The van der Waals surface area contributed by atoms with Crippen LogP contribution < -0.4 is 4.72 Å². The van der Waals surface area contributed by atoms with Crippen molar-refractivity contribution in [1.82, 2.24) is 19.9 Å². The lowest BCUT2D eigenvalue weighted by atomic mass is 9.88. The third-order valence-corrected chi connectivity index (χ3v) is 7.96. The molecule has 0 radical (unpaired) electrons. The Kier molecular flexibility index (Phi) is 5.92. The molecule has 0 saturated carbocycles. The second kappa shape index (κ2) is 8.86. The highest BCUT2D eigenvalue weighted by Gasteiger charge is 2.32. The van der Waals surface area contributed by atoms with Gasteiger partial charge >= 0.3 is 0 Å². The minimum atomic E-state index is -3.79. The van der Waals surface area contributed by atoms with Crippen LogP contribution >= 0.6 is 0 Å². The first-order chi connectivity index (χ1) is 15.9. The van der Waals surface area contributed by atoms with Crippen molar-refractivity contribution in [3.8, 4) is 0 Å². The molecule has 9 nitrogen and oxygen atoms in total. The molecule has 10 heteroatoms. The first kappa shape index (κ1) is 22.0. The number of fused-ring (bicyclic) bond motifs is 2. The van der Waals surface area contributed by atoms with Gasteiger partial charge in [-0.25, -0.2) is 17.8 Å². The molecule has 0 aliphatic carbocycles. The third kappa shape index (κ3) is 4.65. The number of hydrogen-bond acceptors (Lipinski definition) is 8. The minimum Gasteiger partial charge on any atom is -0.464 e. The van der Waals surface area contributed by atoms with Crippen LogP contribution in [-0.4, -0.2) is 60.5 Å². The SMILES string of the molecule is O=S(=O)(NCCC1(O)CCN(CCc2coc3ccccc23)CC1)c1cccc2nonc12. The Hall–Kier alpha value is -2.79. The van der Waals surface area contributed by atoms with E-state index in [9.17, 15) is 13.5 Å². The molecule has 174 valence electrons. The lowest BCUT2D eigenvalue weighted by Crippen LogP contribution is -2.46. The fourth-order valence-electron chi connectivity index (χ4n) is 4.44. The van der Waals surface area contributed by atoms with Crippen molar-refractivity contribution in [3.63, 3.8) is 0 Å². The fourth-order valence-corrected chi connectivity index (χ4v) is 5.62. The molecule has 1 fully saturated rings. The average Bonchev–Trinajstić information content (AvgIpc) is 3.45. The van der Waals surface area contributed by atoms with Crippen molar-refractivity contribution in [2.45, 2.75) is 36.2 Å². The van der Waals surface area contributed by atoms with Gasteiger partial charge in [0.05, 0.1) is 11.9 Å². The number of furan rings is 1. The number of likely N-dealkylation sites (tertiary alicyclic amines) is 1. The van der Waals surface area contributed by atoms with E-state index >= 15 is 0 Å². The zero-order valence-corrected chi connectivity index (χ0v) is 18.9. The minimum absolute atomic E-state index is 0.0230. The summed E-state index contributed by atoms with van der Waals surface area (Å²) in [5, 5.41) is 19.5. The molecular weight excluding hydrogens is 444 g/mol. The van der Waals surface area contributed by atoms with Crippen LogP contribution in [-0.2, 0) is 16.4 Å². The third-order valence-electron chi connectivity index (χ3n) is 6.47. The Morgan fingerprint density at radius 1 is 1.09 bits per heavy atom. The van der Waals surface area contributed by atoms with Crippen LogP contribution in [0.3, 0.4) is 0 Å². The topological polar surface area (TPSA) is 122 Å². The molecule has 0 unspecified atom stereocenters. The number of benzene rings is 2. The Labute approximate surface area is 191 Å². The van der Waals surface area contributed by atoms with Gasteiger partial charge in [-0.05, 0) is 59.8 Å². The van der Waals surface area contributed by atoms with Crippen molar-refractivity contribution in [2.24, 2.45) is 0 Å². The van der Waals surface area contributed by atoms with Crippen molar-refractivity contribution in [2.75, 3.05) is 26.2 Å². The standard InChI is InChI=1S/C23H26N4O5S/c28-23(9-12-24-33(29,30)21-7-3-5-19-22(21)26-32-25-19)10-14-27(15-11-23)13-8-17-16-31-20-6-2-1-4-18(17)20/h1-7,16,24,28H,8-15H2. The zero-order chi connectivity index (χ0) is 22.9. The van der Waals surface area contributed by atoms with Crippen molar-refractivity contribution in [1.29, 1.82) is 0 Å². The molecule has 0 amide bonds. The molecule has 4 aromatic rings. The van der Waals surface area contributed by atoms with Crippen molar-refractivity contribution < 1.29 is 22.6 Å². The molecule has 0 spiro atoms. The smallest absolute Gasteiger partial charge is 0.242 e. The summed E-state index contributed by atoms with van der Waals surface area (Å²) in [6.07, 6.45) is 4.26. The van der Waals surface area contributed by atoms with E-state index in [0.717, 1.165) is 37.0 Å². The van der Waals surface area contributed by atoms with Gasteiger partial charge in [0, 0.05) is 31.6 Å². The molecule has 0 atom stereocenters. The van der Waals surface area contributed by atoms with E-state index in [0.29, 0.717) is 24.8 Å². The van der Waals surface area contributed by atoms with Gasteiger partial charge in [-0.15, -0.1) is 0 Å². The van der Waals surface area contributed by atoms with E-state index in [1.54, 1.807) is 12.1 Å². The molecule has 1 aliphatic heterocycles. The predicted octanol–water partition coefficient (Wildman–Crippen LogP) is 2.71. The predicted molar refractivity (Wildman–Crippen MR) is 122 cm³/mol. The molecule has 2 aromatic heterocycles. The number of rotatable bonds is 8. The monoisotopic (exact) mass is 470 g/mol. The summed E-state index contributed by atoms with van der Waals surface area (Å²) in [7, 11) is -3.79. The number of para-hydroxylation sites is 1. The summed E-state index contributed by atoms with van der Waals surface area (Å²) in [4.78, 5) is 2.36. The van der Waals surface area contributed by atoms with Gasteiger partial charge < -0.3 is 14.4 Å². The first-order valence-electron chi connectivity index (χ1n) is 11.0. The average molecular weight is 471 g/mol. The maximum absolute atomic E-state index is 12.7. The lowest BCUT2D eigenvalue weighted by molar-refractivity contribution is -0.0258. The second-order valence-corrected chi connectivity index (χ2v) is 10.3. The number of nitrogens with one attached hydrogen (secondary N) is 1. The largest absolute Gasteiger partial charge is 0.464 e. The summed E-state index contributed by atoms with van der Waals surface area (Å²) < 4.78 is 38.3. The van der Waals surface area contributed by atoms with Crippen molar-refractivity contribution in [3.05, 3.63) is 54.3 Å². The molecule has 1 aliphatic rings. The van der Waals surface area contributed by atoms with Gasteiger partial charge in [-0.3, -0.25) is 0 Å². The van der Waals surface area contributed by atoms with E-state index in [4.69, 9.17) is 4.42 Å². The van der Waals surface area contributed by atoms with Gasteiger partial charge in [-0.1, -0.05) is 24.3 Å². The van der Waals surface area contributed by atoms with Gasteiger partial charge in [0.2, 0.25) is 10.0 Å². The highest BCUT2D eigenvalue weighted by Crippen LogP contribution is 2.27. The van der Waals surface area contributed by atoms with Crippen LogP contribution in [0.5, 0.6) is 0 Å². The summed E-state index contributed by atoms with van der Waals surface area (Å²) in [6, 6.07) is 12.7. The van der Waals surface area contributed by atoms with Crippen molar-refractivity contribution >= 4 is 32.0 Å². The molecule has 5 rings (SSSR count). The normalized spacial score (nSPS) is 17.1. The fraction of sp³-hybridized carbons (Fsp3) is 0.391. The molecule has 2 N–H and O–H groups in total. The molecule has 1 saturated heterocycles. The Morgan fingerprint density at radius 3 is 2.76 bits per heavy atom. The van der Waals surface area contributed by atoms with Gasteiger partial charge in [0.25, 0.3) is 0 Å². The van der Waals surface area contributed by atoms with Crippen LogP contribution in [0, 0.1) is 0 Å². The number of hydrogen-bond donors (Lipinski definition) is 2.